The van der Waals surface area contributed by atoms with Gasteiger partial charge < -0.3 is 5.32 Å². The Labute approximate surface area is 171 Å². The lowest BCUT2D eigenvalue weighted by Crippen LogP contribution is -2.56. The zero-order valence-electron chi connectivity index (χ0n) is 16.7. The number of nitrogens with zero attached hydrogens (tertiary/aromatic N) is 1. The maximum atomic E-state index is 13.0. The first kappa shape index (κ1) is 22.6. The number of piperazine rings is 1. The van der Waals surface area contributed by atoms with E-state index in [4.69, 9.17) is 0 Å². The summed E-state index contributed by atoms with van der Waals surface area (Å²) in [5.41, 5.74) is -0.262. The third-order valence-electron chi connectivity index (χ3n) is 5.57. The summed E-state index contributed by atoms with van der Waals surface area (Å²) in [7, 11) is 0. The predicted molar refractivity (Wildman–Crippen MR) is 103 cm³/mol. The molecule has 0 spiro atoms. The molecule has 8 heteroatoms. The molecule has 2 aromatic carbocycles. The molecule has 0 amide bonds. The van der Waals surface area contributed by atoms with Crippen LogP contribution in [0.25, 0.3) is 0 Å². The number of alkyl halides is 6. The van der Waals surface area contributed by atoms with Crippen molar-refractivity contribution in [1.29, 1.82) is 0 Å². The SMILES string of the molecule is CC[C@@H]1CN[C@@H](C)CN1C(c1ccc(C(F)(F)F)cc1)c1ccc(C(F)(F)F)cc1. The van der Waals surface area contributed by atoms with Gasteiger partial charge in [-0.2, -0.15) is 26.3 Å². The van der Waals surface area contributed by atoms with Crippen LogP contribution in [0.5, 0.6) is 0 Å². The Balaban J connectivity index is 2.04. The van der Waals surface area contributed by atoms with Crippen molar-refractivity contribution in [3.63, 3.8) is 0 Å². The number of nitrogens with one attached hydrogen (secondary N) is 1. The Kier molecular flexibility index (Phi) is 6.48. The topological polar surface area (TPSA) is 15.3 Å². The van der Waals surface area contributed by atoms with Crippen LogP contribution >= 0.6 is 0 Å². The van der Waals surface area contributed by atoms with E-state index in [2.05, 4.69) is 10.2 Å². The van der Waals surface area contributed by atoms with E-state index in [1.807, 2.05) is 13.8 Å². The highest BCUT2D eigenvalue weighted by atomic mass is 19.4. The first-order chi connectivity index (χ1) is 14.0. The van der Waals surface area contributed by atoms with Gasteiger partial charge in [0.15, 0.2) is 0 Å². The number of rotatable bonds is 4. The van der Waals surface area contributed by atoms with Crippen molar-refractivity contribution in [2.45, 2.75) is 50.7 Å². The summed E-state index contributed by atoms with van der Waals surface area (Å²) < 4.78 is 78.0. The van der Waals surface area contributed by atoms with Crippen LogP contribution in [-0.2, 0) is 12.4 Å². The van der Waals surface area contributed by atoms with Crippen LogP contribution in [0.3, 0.4) is 0 Å². The van der Waals surface area contributed by atoms with Crippen molar-refractivity contribution in [1.82, 2.24) is 10.2 Å². The minimum absolute atomic E-state index is 0.107. The molecule has 2 aromatic rings. The van der Waals surface area contributed by atoms with Gasteiger partial charge in [0.2, 0.25) is 0 Å². The molecule has 0 aliphatic carbocycles. The van der Waals surface area contributed by atoms with Crippen molar-refractivity contribution in [2.24, 2.45) is 0 Å². The highest BCUT2D eigenvalue weighted by Gasteiger charge is 2.35. The fourth-order valence-electron chi connectivity index (χ4n) is 3.96. The van der Waals surface area contributed by atoms with E-state index in [1.54, 1.807) is 0 Å². The molecule has 1 heterocycles. The monoisotopic (exact) mass is 430 g/mol. The van der Waals surface area contributed by atoms with Crippen molar-refractivity contribution < 1.29 is 26.3 Å². The minimum atomic E-state index is -4.45. The summed E-state index contributed by atoms with van der Waals surface area (Å²) in [5.74, 6) is 0. The Morgan fingerprint density at radius 3 is 1.67 bits per heavy atom. The summed E-state index contributed by atoms with van der Waals surface area (Å²) in [6.07, 6.45) is -8.09. The van der Waals surface area contributed by atoms with Gasteiger partial charge in [0, 0.05) is 25.2 Å². The van der Waals surface area contributed by atoms with Crippen LogP contribution in [0.2, 0.25) is 0 Å². The molecule has 1 aliphatic heterocycles. The maximum absolute atomic E-state index is 13.0. The molecule has 164 valence electrons. The number of halogens is 6. The van der Waals surface area contributed by atoms with Gasteiger partial charge in [-0.05, 0) is 48.7 Å². The normalized spacial score (nSPS) is 21.2. The standard InChI is InChI=1S/C22H24F6N2/c1-3-19-12-29-14(2)13-30(19)20(15-4-8-17(9-5-15)21(23,24)25)16-6-10-18(11-7-16)22(26,27)28/h4-11,14,19-20,29H,3,12-13H2,1-2H3/t14-,19+/m0/s1. The highest BCUT2D eigenvalue weighted by molar-refractivity contribution is 5.36. The molecule has 1 aliphatic rings. The zero-order chi connectivity index (χ0) is 22.1. The highest BCUT2D eigenvalue weighted by Crippen LogP contribution is 2.37. The van der Waals surface area contributed by atoms with Crippen molar-refractivity contribution in [3.05, 3.63) is 70.8 Å². The van der Waals surface area contributed by atoms with Gasteiger partial charge in [-0.3, -0.25) is 4.90 Å². The summed E-state index contributed by atoms with van der Waals surface area (Å²) in [4.78, 5) is 2.17. The Morgan fingerprint density at radius 2 is 1.30 bits per heavy atom. The Morgan fingerprint density at radius 1 is 0.867 bits per heavy atom. The average molecular weight is 430 g/mol. The quantitative estimate of drug-likeness (QED) is 0.609. The van der Waals surface area contributed by atoms with E-state index in [1.165, 1.54) is 24.3 Å². The second-order valence-electron chi connectivity index (χ2n) is 7.71. The molecule has 2 nitrogen and oxygen atoms in total. The van der Waals surface area contributed by atoms with E-state index in [0.717, 1.165) is 30.7 Å². The molecule has 0 bridgehead atoms. The van der Waals surface area contributed by atoms with E-state index < -0.39 is 29.5 Å². The van der Waals surface area contributed by atoms with Gasteiger partial charge >= 0.3 is 12.4 Å². The lowest BCUT2D eigenvalue weighted by Gasteiger charge is -2.44. The molecular formula is C22H24F6N2. The first-order valence-electron chi connectivity index (χ1n) is 9.84. The molecule has 30 heavy (non-hydrogen) atoms. The number of hydrogen-bond acceptors (Lipinski definition) is 2. The van der Waals surface area contributed by atoms with E-state index in [0.29, 0.717) is 24.2 Å². The second kappa shape index (κ2) is 8.59. The largest absolute Gasteiger partial charge is 0.416 e. The fourth-order valence-corrected chi connectivity index (χ4v) is 3.96. The Bertz CT molecular complexity index is 769. The molecule has 1 saturated heterocycles. The summed E-state index contributed by atoms with van der Waals surface area (Å²) in [6.45, 7) is 5.36. The first-order valence-corrected chi connectivity index (χ1v) is 9.84. The van der Waals surface area contributed by atoms with E-state index in [-0.39, 0.29) is 12.1 Å². The van der Waals surface area contributed by atoms with Gasteiger partial charge in [0.25, 0.3) is 0 Å². The molecule has 0 radical (unpaired) electrons. The predicted octanol–water partition coefficient (Wildman–Crippen LogP) is 5.89. The molecule has 2 atom stereocenters. The Hall–Kier alpha value is -2.06. The third-order valence-corrected chi connectivity index (χ3v) is 5.57. The van der Waals surface area contributed by atoms with Gasteiger partial charge in [-0.15, -0.1) is 0 Å². The van der Waals surface area contributed by atoms with Gasteiger partial charge in [0.05, 0.1) is 17.2 Å². The van der Waals surface area contributed by atoms with Crippen molar-refractivity contribution in [3.8, 4) is 0 Å². The molecule has 3 rings (SSSR count). The minimum Gasteiger partial charge on any atom is -0.311 e. The summed E-state index contributed by atoms with van der Waals surface area (Å²) in [6, 6.07) is 9.61. The summed E-state index contributed by atoms with van der Waals surface area (Å²) in [5, 5.41) is 3.39. The lowest BCUT2D eigenvalue weighted by molar-refractivity contribution is -0.138. The van der Waals surface area contributed by atoms with Crippen LogP contribution < -0.4 is 5.32 Å². The van der Waals surface area contributed by atoms with Gasteiger partial charge in [-0.1, -0.05) is 31.2 Å². The average Bonchev–Trinajstić information content (AvgIpc) is 2.68. The second-order valence-corrected chi connectivity index (χ2v) is 7.71. The fraction of sp³-hybridized carbons (Fsp3) is 0.455. The van der Waals surface area contributed by atoms with Crippen LogP contribution in [0, 0.1) is 0 Å². The zero-order valence-corrected chi connectivity index (χ0v) is 16.7. The van der Waals surface area contributed by atoms with Crippen molar-refractivity contribution in [2.75, 3.05) is 13.1 Å². The molecule has 1 N–H and O–H groups in total. The lowest BCUT2D eigenvalue weighted by atomic mass is 9.92. The summed E-state index contributed by atoms with van der Waals surface area (Å²) >= 11 is 0. The van der Waals surface area contributed by atoms with Crippen LogP contribution in [0.1, 0.15) is 48.6 Å². The smallest absolute Gasteiger partial charge is 0.311 e. The van der Waals surface area contributed by atoms with E-state index in [9.17, 15) is 26.3 Å². The molecule has 1 fully saturated rings. The van der Waals surface area contributed by atoms with Crippen molar-refractivity contribution >= 4 is 0 Å². The number of hydrogen-bond donors (Lipinski definition) is 1. The van der Waals surface area contributed by atoms with Crippen LogP contribution in [0.15, 0.2) is 48.5 Å². The maximum Gasteiger partial charge on any atom is 0.416 e. The third kappa shape index (κ3) is 4.98. The van der Waals surface area contributed by atoms with Gasteiger partial charge in [-0.25, -0.2) is 0 Å². The molecule has 0 aromatic heterocycles. The van der Waals surface area contributed by atoms with E-state index >= 15 is 0 Å². The molecule has 0 saturated carbocycles. The van der Waals surface area contributed by atoms with Crippen LogP contribution in [-0.4, -0.2) is 30.1 Å². The molecular weight excluding hydrogens is 406 g/mol. The number of benzene rings is 2. The molecule has 0 unspecified atom stereocenters. The van der Waals surface area contributed by atoms with Crippen LogP contribution in [0.4, 0.5) is 26.3 Å². The van der Waals surface area contributed by atoms with Gasteiger partial charge in [0.1, 0.15) is 0 Å².